The van der Waals surface area contributed by atoms with E-state index < -0.39 is 0 Å². The molecule has 0 aliphatic heterocycles. The van der Waals surface area contributed by atoms with Crippen molar-refractivity contribution in [2.24, 2.45) is 0 Å². The van der Waals surface area contributed by atoms with Crippen molar-refractivity contribution in [2.45, 2.75) is 57.8 Å². The van der Waals surface area contributed by atoms with Crippen molar-refractivity contribution < 1.29 is 4.42 Å². The number of hydrogen-bond donors (Lipinski definition) is 0. The van der Waals surface area contributed by atoms with Gasteiger partial charge < -0.3 is 9.32 Å². The molecule has 5 aromatic carbocycles. The average Bonchev–Trinajstić information content (AvgIpc) is 3.86. The Morgan fingerprint density at radius 2 is 1.44 bits per heavy atom. The van der Waals surface area contributed by atoms with Crippen LogP contribution in [0.4, 0.5) is 11.4 Å². The van der Waals surface area contributed by atoms with Crippen molar-refractivity contribution in [2.75, 3.05) is 4.90 Å². The van der Waals surface area contributed by atoms with Gasteiger partial charge >= 0.3 is 0 Å². The Kier molecular flexibility index (Phi) is 7.19. The van der Waals surface area contributed by atoms with Gasteiger partial charge in [0.25, 0.3) is 0 Å². The summed E-state index contributed by atoms with van der Waals surface area (Å²) in [4.78, 5) is 4.02. The normalized spacial score (nSPS) is 17.1. The van der Waals surface area contributed by atoms with E-state index >= 15 is 0 Å². The first kappa shape index (κ1) is 31.8. The van der Waals surface area contributed by atoms with Gasteiger partial charge in [-0.3, -0.25) is 0 Å². The minimum absolute atomic E-state index is 0.0606. The molecule has 262 valence electrons. The third-order valence-electron chi connectivity index (χ3n) is 12.3. The van der Waals surface area contributed by atoms with E-state index in [-0.39, 0.29) is 5.41 Å². The fourth-order valence-electron chi connectivity index (χ4n) is 9.56. The highest BCUT2D eigenvalue weighted by molar-refractivity contribution is 7.19. The molecule has 4 aliphatic carbocycles. The predicted molar refractivity (Wildman–Crippen MR) is 230 cm³/mol. The number of anilines is 2. The number of allylic oxidation sites excluding steroid dienone is 9. The summed E-state index contributed by atoms with van der Waals surface area (Å²) in [6, 6.07) is 38.3. The van der Waals surface area contributed by atoms with Gasteiger partial charge in [0.2, 0.25) is 0 Å². The number of fused-ring (bicyclic) bond motifs is 9. The largest absolute Gasteiger partial charge is 0.455 e. The molecule has 11 rings (SSSR count). The quantitative estimate of drug-likeness (QED) is 0.176. The number of furan rings is 1. The standard InChI is InChI=1S/C51H41NOS/c1-51(2)45-17-8-6-13-39(45)40-26-24-36(30-46(40)51)52(35-22-19-33(20-23-35)32-11-4-3-5-12-32)37-25-27-42-44-29-34(21-28-48(44)54-49(42)31-37)38-15-10-16-43-41-14-7-9-18-47(41)53-50(38)43/h4,6-19,22,24-27,29-31H,3,5,20-21,23,28H2,1-2H3. The maximum absolute atomic E-state index is 6.48. The molecule has 0 radical (unpaired) electrons. The molecule has 2 aromatic heterocycles. The second-order valence-corrected chi connectivity index (χ2v) is 16.9. The number of hydrogen-bond acceptors (Lipinski definition) is 3. The van der Waals surface area contributed by atoms with Gasteiger partial charge in [0.1, 0.15) is 11.2 Å². The SMILES string of the molecule is CC1(C)c2ccccc2-c2ccc(N(C3=CC=C(C4=CCCC=C4)CC3)c3ccc4c5c(sc4c3)CCC(c3cccc4c3oc3ccccc34)=C5)cc21. The third-order valence-corrected chi connectivity index (χ3v) is 13.6. The van der Waals surface area contributed by atoms with Crippen LogP contribution in [0, 0.1) is 0 Å². The van der Waals surface area contributed by atoms with Gasteiger partial charge in [-0.25, -0.2) is 0 Å². The summed E-state index contributed by atoms with van der Waals surface area (Å²) < 4.78 is 7.82. The van der Waals surface area contributed by atoms with Crippen molar-refractivity contribution in [1.29, 1.82) is 0 Å². The predicted octanol–water partition coefficient (Wildman–Crippen LogP) is 14.6. The first-order chi connectivity index (χ1) is 26.5. The monoisotopic (exact) mass is 715 g/mol. The summed E-state index contributed by atoms with van der Waals surface area (Å²) in [5.74, 6) is 0. The van der Waals surface area contributed by atoms with E-state index in [1.165, 1.54) is 92.9 Å². The Balaban J connectivity index is 1.02. The zero-order valence-electron chi connectivity index (χ0n) is 30.8. The highest BCUT2D eigenvalue weighted by atomic mass is 32.1. The molecule has 0 spiro atoms. The van der Waals surface area contributed by atoms with Crippen LogP contribution in [0.1, 0.15) is 73.1 Å². The molecule has 54 heavy (non-hydrogen) atoms. The van der Waals surface area contributed by atoms with Crippen LogP contribution < -0.4 is 4.90 Å². The summed E-state index contributed by atoms with van der Waals surface area (Å²) in [7, 11) is 0. The molecule has 2 heterocycles. The van der Waals surface area contributed by atoms with E-state index in [1.807, 2.05) is 11.3 Å². The van der Waals surface area contributed by atoms with Crippen molar-refractivity contribution in [3.8, 4) is 11.1 Å². The Morgan fingerprint density at radius 1 is 0.648 bits per heavy atom. The molecule has 0 fully saturated rings. The van der Waals surface area contributed by atoms with E-state index in [0.717, 1.165) is 49.7 Å². The molecule has 0 saturated carbocycles. The lowest BCUT2D eigenvalue weighted by Crippen LogP contribution is -2.20. The second-order valence-electron chi connectivity index (χ2n) is 15.8. The molecule has 0 bridgehead atoms. The van der Waals surface area contributed by atoms with Gasteiger partial charge in [0, 0.05) is 53.8 Å². The zero-order valence-corrected chi connectivity index (χ0v) is 31.6. The van der Waals surface area contributed by atoms with Gasteiger partial charge in [-0.2, -0.15) is 0 Å². The molecular weight excluding hydrogens is 675 g/mol. The number of benzene rings is 5. The summed E-state index contributed by atoms with van der Waals surface area (Å²) in [6.07, 6.45) is 20.6. The summed E-state index contributed by atoms with van der Waals surface area (Å²) in [6.45, 7) is 4.76. The zero-order chi connectivity index (χ0) is 36.0. The average molecular weight is 716 g/mol. The van der Waals surface area contributed by atoms with Crippen LogP contribution in [0.2, 0.25) is 0 Å². The van der Waals surface area contributed by atoms with Crippen molar-refractivity contribution in [3.63, 3.8) is 0 Å². The summed E-state index contributed by atoms with van der Waals surface area (Å²) in [5.41, 5.74) is 18.0. The van der Waals surface area contributed by atoms with Crippen molar-refractivity contribution in [3.05, 3.63) is 177 Å². The lowest BCUT2D eigenvalue weighted by Gasteiger charge is -2.31. The minimum atomic E-state index is -0.0606. The van der Waals surface area contributed by atoms with Gasteiger partial charge in [0.15, 0.2) is 0 Å². The second kappa shape index (κ2) is 12.2. The van der Waals surface area contributed by atoms with Crippen LogP contribution in [0.5, 0.6) is 0 Å². The van der Waals surface area contributed by atoms with E-state index in [9.17, 15) is 0 Å². The van der Waals surface area contributed by atoms with Gasteiger partial charge in [0.05, 0.1) is 0 Å². The lowest BCUT2D eigenvalue weighted by atomic mass is 9.82. The highest BCUT2D eigenvalue weighted by Crippen LogP contribution is 2.51. The van der Waals surface area contributed by atoms with Crippen molar-refractivity contribution in [1.82, 2.24) is 0 Å². The molecular formula is C51H41NOS. The van der Waals surface area contributed by atoms with E-state index in [2.05, 4.69) is 158 Å². The summed E-state index contributed by atoms with van der Waals surface area (Å²) in [5, 5.41) is 3.72. The number of aryl methyl sites for hydroxylation is 1. The van der Waals surface area contributed by atoms with E-state index in [1.54, 1.807) is 0 Å². The molecule has 3 heteroatoms. The van der Waals surface area contributed by atoms with Crippen LogP contribution >= 0.6 is 11.3 Å². The highest BCUT2D eigenvalue weighted by Gasteiger charge is 2.36. The maximum atomic E-state index is 6.48. The molecule has 0 unspecified atom stereocenters. The third kappa shape index (κ3) is 4.91. The molecule has 0 N–H and O–H groups in total. The molecule has 0 saturated heterocycles. The maximum Gasteiger partial charge on any atom is 0.142 e. The lowest BCUT2D eigenvalue weighted by molar-refractivity contribution is 0.660. The number of thiophene rings is 1. The smallest absolute Gasteiger partial charge is 0.142 e. The Morgan fingerprint density at radius 3 is 2.33 bits per heavy atom. The van der Waals surface area contributed by atoms with Crippen LogP contribution in [-0.2, 0) is 11.8 Å². The molecule has 7 aromatic rings. The molecule has 0 amide bonds. The number of rotatable bonds is 5. The van der Waals surface area contributed by atoms with Crippen LogP contribution in [0.15, 0.2) is 155 Å². The fraction of sp³-hybridized carbons (Fsp3) is 0.176. The van der Waals surface area contributed by atoms with E-state index in [0.29, 0.717) is 0 Å². The Hall–Kier alpha value is -5.64. The van der Waals surface area contributed by atoms with Crippen LogP contribution in [0.3, 0.4) is 0 Å². The van der Waals surface area contributed by atoms with Crippen molar-refractivity contribution >= 4 is 66.4 Å². The Labute approximate surface area is 320 Å². The number of para-hydroxylation sites is 2. The molecule has 2 nitrogen and oxygen atoms in total. The summed E-state index contributed by atoms with van der Waals surface area (Å²) >= 11 is 1.97. The minimum Gasteiger partial charge on any atom is -0.455 e. The number of nitrogens with zero attached hydrogens (tertiary/aromatic N) is 1. The fourth-order valence-corrected chi connectivity index (χ4v) is 10.8. The first-order valence-corrected chi connectivity index (χ1v) is 20.3. The van der Waals surface area contributed by atoms with Gasteiger partial charge in [-0.1, -0.05) is 111 Å². The molecule has 4 aliphatic rings. The van der Waals surface area contributed by atoms with Crippen LogP contribution in [-0.4, -0.2) is 0 Å². The van der Waals surface area contributed by atoms with E-state index in [4.69, 9.17) is 4.42 Å². The first-order valence-electron chi connectivity index (χ1n) is 19.5. The topological polar surface area (TPSA) is 16.4 Å². The van der Waals surface area contributed by atoms with Gasteiger partial charge in [-0.15, -0.1) is 11.3 Å². The molecule has 0 atom stereocenters. The van der Waals surface area contributed by atoms with Crippen LogP contribution in [0.25, 0.3) is 54.8 Å². The Bertz CT molecular complexity index is 2860. The van der Waals surface area contributed by atoms with Gasteiger partial charge in [-0.05, 0) is 126 Å².